The number of nitrogens with one attached hydrogen (secondary N) is 1. The van der Waals surface area contributed by atoms with Gasteiger partial charge in [0.25, 0.3) is 11.8 Å². The predicted octanol–water partition coefficient (Wildman–Crippen LogP) is 4.42. The average molecular weight is 466 g/mol. The first-order chi connectivity index (χ1) is 13.5. The number of nitrogens with zero attached hydrogens (tertiary/aromatic N) is 1. The molecule has 0 atom stereocenters. The highest BCUT2D eigenvalue weighted by Gasteiger charge is 2.17. The van der Waals surface area contributed by atoms with Crippen molar-refractivity contribution in [2.24, 2.45) is 0 Å². The summed E-state index contributed by atoms with van der Waals surface area (Å²) < 4.78 is 6.19. The molecule has 1 heterocycles. The van der Waals surface area contributed by atoms with Crippen LogP contribution < -0.4 is 10.1 Å². The fraction of sp³-hybridized carbons (Fsp3) is 0.333. The normalized spacial score (nSPS) is 13.9. The van der Waals surface area contributed by atoms with Crippen molar-refractivity contribution in [1.29, 1.82) is 0 Å². The number of benzene rings is 2. The molecular formula is C21H22BrClN2O3. The highest BCUT2D eigenvalue weighted by molar-refractivity contribution is 9.10. The van der Waals surface area contributed by atoms with Gasteiger partial charge in [0.15, 0.2) is 6.61 Å². The molecule has 0 radical (unpaired) electrons. The second kappa shape index (κ2) is 9.94. The smallest absolute Gasteiger partial charge is 0.258 e. The molecule has 1 fully saturated rings. The standard InChI is InChI=1S/C21H22BrClN2O3/c22-18-12-17(23)8-9-19(18)28-14-20(26)24-13-15-4-6-16(7-5-15)21(27)25-10-2-1-3-11-25/h4-9,12H,1-3,10-11,13-14H2,(H,24,26). The van der Waals surface area contributed by atoms with E-state index in [2.05, 4.69) is 21.2 Å². The average Bonchev–Trinajstić information content (AvgIpc) is 2.72. The molecule has 2 aromatic rings. The molecule has 0 aliphatic carbocycles. The van der Waals surface area contributed by atoms with Gasteiger partial charge >= 0.3 is 0 Å². The Morgan fingerprint density at radius 1 is 1.07 bits per heavy atom. The van der Waals surface area contributed by atoms with Crippen molar-refractivity contribution in [3.05, 3.63) is 63.1 Å². The molecule has 0 saturated carbocycles. The quantitative estimate of drug-likeness (QED) is 0.687. The van der Waals surface area contributed by atoms with Crippen LogP contribution >= 0.6 is 27.5 Å². The van der Waals surface area contributed by atoms with Crippen LogP contribution in [0.25, 0.3) is 0 Å². The number of hydrogen-bond acceptors (Lipinski definition) is 3. The number of ether oxygens (including phenoxy) is 1. The van der Waals surface area contributed by atoms with Crippen molar-refractivity contribution in [3.63, 3.8) is 0 Å². The lowest BCUT2D eigenvalue weighted by Crippen LogP contribution is -2.35. The number of amides is 2. The summed E-state index contributed by atoms with van der Waals surface area (Å²) in [6.45, 7) is 1.95. The van der Waals surface area contributed by atoms with Crippen LogP contribution in [0.4, 0.5) is 0 Å². The molecule has 0 unspecified atom stereocenters. The van der Waals surface area contributed by atoms with E-state index in [4.69, 9.17) is 16.3 Å². The zero-order chi connectivity index (χ0) is 19.9. The third-order valence-corrected chi connectivity index (χ3v) is 5.44. The predicted molar refractivity (Wildman–Crippen MR) is 113 cm³/mol. The zero-order valence-electron chi connectivity index (χ0n) is 15.4. The second-order valence-corrected chi connectivity index (χ2v) is 7.98. The van der Waals surface area contributed by atoms with Crippen molar-refractivity contribution < 1.29 is 14.3 Å². The summed E-state index contributed by atoms with van der Waals surface area (Å²) in [5.41, 5.74) is 1.61. The molecule has 0 aromatic heterocycles. The topological polar surface area (TPSA) is 58.6 Å². The van der Waals surface area contributed by atoms with Crippen LogP contribution in [0.2, 0.25) is 5.02 Å². The van der Waals surface area contributed by atoms with Crippen LogP contribution in [0.5, 0.6) is 5.75 Å². The first kappa shape index (κ1) is 20.7. The Hall–Kier alpha value is -2.05. The summed E-state index contributed by atoms with van der Waals surface area (Å²) in [6.07, 6.45) is 3.34. The van der Waals surface area contributed by atoms with Gasteiger partial charge < -0.3 is 15.0 Å². The highest BCUT2D eigenvalue weighted by atomic mass is 79.9. The minimum Gasteiger partial charge on any atom is -0.483 e. The number of carbonyl (C=O) groups excluding carboxylic acids is 2. The molecule has 28 heavy (non-hydrogen) atoms. The fourth-order valence-electron chi connectivity index (χ4n) is 3.03. The van der Waals surface area contributed by atoms with Gasteiger partial charge in [-0.1, -0.05) is 23.7 Å². The van der Waals surface area contributed by atoms with Gasteiger partial charge in [-0.05, 0) is 71.1 Å². The molecule has 148 valence electrons. The number of carbonyl (C=O) groups is 2. The summed E-state index contributed by atoms with van der Waals surface area (Å²) in [4.78, 5) is 26.4. The van der Waals surface area contributed by atoms with Crippen LogP contribution in [0.15, 0.2) is 46.9 Å². The number of halogens is 2. The van der Waals surface area contributed by atoms with Gasteiger partial charge in [-0.3, -0.25) is 9.59 Å². The molecule has 5 nitrogen and oxygen atoms in total. The van der Waals surface area contributed by atoms with Crippen molar-refractivity contribution in [3.8, 4) is 5.75 Å². The SMILES string of the molecule is O=C(COc1ccc(Cl)cc1Br)NCc1ccc(C(=O)N2CCCCC2)cc1. The van der Waals surface area contributed by atoms with E-state index in [9.17, 15) is 9.59 Å². The van der Waals surface area contributed by atoms with Crippen LogP contribution in [0, 0.1) is 0 Å². The number of hydrogen-bond donors (Lipinski definition) is 1. The maximum Gasteiger partial charge on any atom is 0.258 e. The summed E-state index contributed by atoms with van der Waals surface area (Å²) >= 11 is 9.23. The Morgan fingerprint density at radius 2 is 1.79 bits per heavy atom. The Balaban J connectivity index is 1.46. The number of rotatable bonds is 6. The third kappa shape index (κ3) is 5.72. The fourth-order valence-corrected chi connectivity index (χ4v) is 3.83. The first-order valence-corrected chi connectivity index (χ1v) is 10.4. The molecule has 1 aliphatic heterocycles. The number of likely N-dealkylation sites (tertiary alicyclic amines) is 1. The van der Waals surface area contributed by atoms with Gasteiger partial charge in [0.05, 0.1) is 4.47 Å². The lowest BCUT2D eigenvalue weighted by molar-refractivity contribution is -0.123. The van der Waals surface area contributed by atoms with Crippen molar-refractivity contribution >= 4 is 39.3 Å². The molecule has 1 N–H and O–H groups in total. The van der Waals surface area contributed by atoms with E-state index in [1.807, 2.05) is 29.2 Å². The Kier molecular flexibility index (Phi) is 7.34. The summed E-state index contributed by atoms with van der Waals surface area (Å²) in [6, 6.07) is 12.5. The van der Waals surface area contributed by atoms with Gasteiger partial charge in [-0.15, -0.1) is 0 Å². The van der Waals surface area contributed by atoms with E-state index >= 15 is 0 Å². The molecule has 2 amide bonds. The van der Waals surface area contributed by atoms with Gasteiger partial charge in [0, 0.05) is 30.2 Å². The minimum absolute atomic E-state index is 0.0808. The van der Waals surface area contributed by atoms with E-state index in [0.717, 1.165) is 31.5 Å². The molecule has 2 aromatic carbocycles. The molecule has 1 saturated heterocycles. The summed E-state index contributed by atoms with van der Waals surface area (Å²) in [5, 5.41) is 3.40. The number of piperidine rings is 1. The van der Waals surface area contributed by atoms with E-state index in [0.29, 0.717) is 27.4 Å². The Labute approximate surface area is 178 Å². The molecule has 3 rings (SSSR count). The van der Waals surface area contributed by atoms with Gasteiger partial charge in [-0.2, -0.15) is 0 Å². The Bertz CT molecular complexity index is 836. The zero-order valence-corrected chi connectivity index (χ0v) is 17.8. The van der Waals surface area contributed by atoms with E-state index < -0.39 is 0 Å². The molecule has 0 spiro atoms. The van der Waals surface area contributed by atoms with E-state index in [1.165, 1.54) is 6.42 Å². The van der Waals surface area contributed by atoms with Gasteiger partial charge in [0.2, 0.25) is 0 Å². The maximum atomic E-state index is 12.5. The van der Waals surface area contributed by atoms with Gasteiger partial charge in [-0.25, -0.2) is 0 Å². The lowest BCUT2D eigenvalue weighted by Gasteiger charge is -2.26. The van der Waals surface area contributed by atoms with Crippen molar-refractivity contribution in [1.82, 2.24) is 10.2 Å². The third-order valence-electron chi connectivity index (χ3n) is 4.59. The largest absolute Gasteiger partial charge is 0.483 e. The minimum atomic E-state index is -0.227. The van der Waals surface area contributed by atoms with Crippen LogP contribution in [0.1, 0.15) is 35.2 Å². The van der Waals surface area contributed by atoms with Crippen molar-refractivity contribution in [2.75, 3.05) is 19.7 Å². The van der Waals surface area contributed by atoms with E-state index in [-0.39, 0.29) is 18.4 Å². The van der Waals surface area contributed by atoms with E-state index in [1.54, 1.807) is 18.2 Å². The monoisotopic (exact) mass is 464 g/mol. The molecule has 1 aliphatic rings. The first-order valence-electron chi connectivity index (χ1n) is 9.26. The summed E-state index contributed by atoms with van der Waals surface area (Å²) in [5.74, 6) is 0.410. The van der Waals surface area contributed by atoms with Crippen LogP contribution in [-0.4, -0.2) is 36.4 Å². The second-order valence-electron chi connectivity index (χ2n) is 6.69. The van der Waals surface area contributed by atoms with Crippen molar-refractivity contribution in [2.45, 2.75) is 25.8 Å². The summed E-state index contributed by atoms with van der Waals surface area (Å²) in [7, 11) is 0. The lowest BCUT2D eigenvalue weighted by atomic mass is 10.1. The van der Waals surface area contributed by atoms with Gasteiger partial charge in [0.1, 0.15) is 5.75 Å². The van der Waals surface area contributed by atoms with Crippen LogP contribution in [0.3, 0.4) is 0 Å². The molecule has 7 heteroatoms. The highest BCUT2D eigenvalue weighted by Crippen LogP contribution is 2.27. The van der Waals surface area contributed by atoms with Crippen LogP contribution in [-0.2, 0) is 11.3 Å². The molecular weight excluding hydrogens is 444 g/mol. The molecule has 0 bridgehead atoms. The Morgan fingerprint density at radius 3 is 2.46 bits per heavy atom. The maximum absolute atomic E-state index is 12.5.